The fourth-order valence-corrected chi connectivity index (χ4v) is 3.83. The molecule has 3 amide bonds. The van der Waals surface area contributed by atoms with Crippen molar-refractivity contribution in [1.29, 1.82) is 0 Å². The van der Waals surface area contributed by atoms with Gasteiger partial charge in [-0.2, -0.15) is 0 Å². The van der Waals surface area contributed by atoms with E-state index in [1.54, 1.807) is 24.3 Å². The average molecular weight is 531 g/mol. The molecule has 1 heterocycles. The predicted octanol–water partition coefficient (Wildman–Crippen LogP) is 3.11. The van der Waals surface area contributed by atoms with Crippen molar-refractivity contribution < 1.29 is 33.5 Å². The summed E-state index contributed by atoms with van der Waals surface area (Å²) < 4.78 is 11.3. The summed E-state index contributed by atoms with van der Waals surface area (Å²) in [6.07, 6.45) is 4.29. The maximum absolute atomic E-state index is 12.6. The number of nitrogens with zero attached hydrogens (tertiary/aromatic N) is 1. The zero-order valence-corrected chi connectivity index (χ0v) is 22.0. The molecule has 11 heteroatoms. The average Bonchev–Trinajstić information content (AvgIpc) is 3.41. The summed E-state index contributed by atoms with van der Waals surface area (Å²) in [4.78, 5) is 48.5. The minimum atomic E-state index is -0.608. The summed E-state index contributed by atoms with van der Waals surface area (Å²) in [7, 11) is 0. The minimum absolute atomic E-state index is 0.0223. The highest BCUT2D eigenvalue weighted by Crippen LogP contribution is 2.29. The van der Waals surface area contributed by atoms with Gasteiger partial charge in [-0.15, -0.1) is 0 Å². The molecular formula is C27H38N4O7. The molecule has 0 aliphatic rings. The van der Waals surface area contributed by atoms with Crippen LogP contribution in [0.2, 0.25) is 0 Å². The lowest BCUT2D eigenvalue weighted by Gasteiger charge is -2.19. The highest BCUT2D eigenvalue weighted by atomic mass is 16.5. The lowest BCUT2D eigenvalue weighted by atomic mass is 10.0. The number of rotatable bonds is 18. The van der Waals surface area contributed by atoms with Crippen molar-refractivity contribution in [2.24, 2.45) is 11.7 Å². The van der Waals surface area contributed by atoms with E-state index in [1.165, 1.54) is 6.07 Å². The molecule has 208 valence electrons. The van der Waals surface area contributed by atoms with Crippen LogP contribution in [-0.2, 0) is 9.59 Å². The van der Waals surface area contributed by atoms with Crippen LogP contribution >= 0.6 is 0 Å². The summed E-state index contributed by atoms with van der Waals surface area (Å²) in [6, 6.07) is 8.20. The number of carbonyl (C=O) groups is 4. The first kappa shape index (κ1) is 30.5. The fourth-order valence-electron chi connectivity index (χ4n) is 3.83. The standard InChI is InChI=1S/C27H38N4O7/c1-3-5-6-8-19(16-31(36)18-32)26(34)29-17-30-27(35)25-11-10-24(38-25)21-13-20(23(33)9-7-12-28)14-22(15-21)37-4-2/h10-11,13-15,18-19,36H,3-9,12,16-17,28H2,1-2H3,(H,29,34)(H,30,35)/t19-/m1/s1. The number of hydrogen-bond donors (Lipinski definition) is 4. The van der Waals surface area contributed by atoms with Gasteiger partial charge < -0.3 is 25.5 Å². The van der Waals surface area contributed by atoms with E-state index in [0.717, 1.165) is 19.3 Å². The Morgan fingerprint density at radius 1 is 1.13 bits per heavy atom. The molecule has 0 radical (unpaired) electrons. The molecule has 11 nitrogen and oxygen atoms in total. The van der Waals surface area contributed by atoms with Crippen molar-refractivity contribution in [1.82, 2.24) is 15.7 Å². The van der Waals surface area contributed by atoms with Crippen LogP contribution in [0, 0.1) is 5.92 Å². The second-order valence-electron chi connectivity index (χ2n) is 8.80. The largest absolute Gasteiger partial charge is 0.494 e. The number of unbranched alkanes of at least 4 members (excludes halogenated alkanes) is 2. The number of ketones is 1. The fraction of sp³-hybridized carbons (Fsp3) is 0.481. The van der Waals surface area contributed by atoms with Gasteiger partial charge in [0.25, 0.3) is 5.91 Å². The first-order valence-corrected chi connectivity index (χ1v) is 12.9. The molecular weight excluding hydrogens is 492 g/mol. The molecule has 2 aromatic rings. The van der Waals surface area contributed by atoms with Gasteiger partial charge in [-0.3, -0.25) is 24.4 Å². The number of nitrogens with one attached hydrogen (secondary N) is 2. The van der Waals surface area contributed by atoms with E-state index < -0.39 is 11.8 Å². The highest BCUT2D eigenvalue weighted by molar-refractivity contribution is 5.98. The summed E-state index contributed by atoms with van der Waals surface area (Å²) in [5.41, 5.74) is 6.57. The lowest BCUT2D eigenvalue weighted by Crippen LogP contribution is -2.42. The Kier molecular flexibility index (Phi) is 13.0. The molecule has 0 saturated heterocycles. The number of hydroxylamine groups is 2. The van der Waals surface area contributed by atoms with Crippen molar-refractivity contribution in [2.45, 2.75) is 52.4 Å². The molecule has 0 spiro atoms. The first-order valence-electron chi connectivity index (χ1n) is 12.9. The van der Waals surface area contributed by atoms with Crippen LogP contribution in [0.15, 0.2) is 34.7 Å². The minimum Gasteiger partial charge on any atom is -0.494 e. The molecule has 1 atom stereocenters. The Hall–Kier alpha value is -3.70. The van der Waals surface area contributed by atoms with Gasteiger partial charge in [-0.05, 0) is 56.6 Å². The summed E-state index contributed by atoms with van der Waals surface area (Å²) >= 11 is 0. The first-order chi connectivity index (χ1) is 18.3. The van der Waals surface area contributed by atoms with Crippen molar-refractivity contribution in [2.75, 3.05) is 26.4 Å². The number of Topliss-reactive ketones (excluding diaryl/α,β-unsaturated/α-hetero) is 1. The number of ether oxygens (including phenoxy) is 1. The van der Waals surface area contributed by atoms with Gasteiger partial charge in [-0.25, -0.2) is 5.06 Å². The molecule has 5 N–H and O–H groups in total. The number of amides is 3. The quantitative estimate of drug-likeness (QED) is 0.0570. The molecule has 0 bridgehead atoms. The van der Waals surface area contributed by atoms with Crippen LogP contribution in [0.3, 0.4) is 0 Å². The van der Waals surface area contributed by atoms with Crippen LogP contribution in [0.4, 0.5) is 0 Å². The Labute approximate surface area is 222 Å². The Morgan fingerprint density at radius 2 is 1.92 bits per heavy atom. The molecule has 0 aliphatic heterocycles. The monoisotopic (exact) mass is 530 g/mol. The van der Waals surface area contributed by atoms with Gasteiger partial charge in [0.1, 0.15) is 11.5 Å². The van der Waals surface area contributed by atoms with E-state index in [4.69, 9.17) is 14.9 Å². The molecule has 2 rings (SSSR count). The molecule has 1 aromatic heterocycles. The summed E-state index contributed by atoms with van der Waals surface area (Å²) in [5.74, 6) is -0.698. The van der Waals surface area contributed by atoms with Gasteiger partial charge in [-0.1, -0.05) is 26.2 Å². The van der Waals surface area contributed by atoms with Gasteiger partial charge in [0, 0.05) is 17.5 Å². The third-order valence-corrected chi connectivity index (χ3v) is 5.83. The van der Waals surface area contributed by atoms with Gasteiger partial charge in [0.2, 0.25) is 12.3 Å². The van der Waals surface area contributed by atoms with E-state index in [0.29, 0.717) is 60.1 Å². The van der Waals surface area contributed by atoms with Gasteiger partial charge >= 0.3 is 0 Å². The van der Waals surface area contributed by atoms with Crippen molar-refractivity contribution in [3.8, 4) is 17.1 Å². The topological polar surface area (TPSA) is 164 Å². The third-order valence-electron chi connectivity index (χ3n) is 5.83. The van der Waals surface area contributed by atoms with Crippen LogP contribution in [0.1, 0.15) is 73.3 Å². The molecule has 1 aromatic carbocycles. The van der Waals surface area contributed by atoms with E-state index in [9.17, 15) is 24.4 Å². The number of nitrogens with two attached hydrogens (primary N) is 1. The highest BCUT2D eigenvalue weighted by Gasteiger charge is 2.21. The Morgan fingerprint density at radius 3 is 2.61 bits per heavy atom. The maximum Gasteiger partial charge on any atom is 0.288 e. The van der Waals surface area contributed by atoms with Crippen molar-refractivity contribution >= 4 is 24.0 Å². The van der Waals surface area contributed by atoms with E-state index in [1.807, 2.05) is 13.8 Å². The zero-order valence-electron chi connectivity index (χ0n) is 22.0. The zero-order chi connectivity index (χ0) is 27.9. The normalized spacial score (nSPS) is 11.5. The second kappa shape index (κ2) is 16.2. The summed E-state index contributed by atoms with van der Waals surface area (Å²) in [5, 5.41) is 15.1. The molecule has 0 fully saturated rings. The van der Waals surface area contributed by atoms with Crippen LogP contribution < -0.4 is 21.1 Å². The molecule has 38 heavy (non-hydrogen) atoms. The van der Waals surface area contributed by atoms with E-state index >= 15 is 0 Å². The van der Waals surface area contributed by atoms with E-state index in [-0.39, 0.29) is 37.1 Å². The van der Waals surface area contributed by atoms with Crippen LogP contribution in [0.25, 0.3) is 11.3 Å². The van der Waals surface area contributed by atoms with Crippen molar-refractivity contribution in [3.05, 3.63) is 41.7 Å². The van der Waals surface area contributed by atoms with Crippen molar-refractivity contribution in [3.63, 3.8) is 0 Å². The molecule has 0 saturated carbocycles. The number of hydrogen-bond acceptors (Lipinski definition) is 8. The smallest absolute Gasteiger partial charge is 0.288 e. The molecule has 0 aliphatic carbocycles. The predicted molar refractivity (Wildman–Crippen MR) is 141 cm³/mol. The summed E-state index contributed by atoms with van der Waals surface area (Å²) in [6.45, 7) is 4.41. The second-order valence-corrected chi connectivity index (χ2v) is 8.80. The molecule has 0 unspecified atom stereocenters. The number of carbonyl (C=O) groups excluding carboxylic acids is 4. The number of benzene rings is 1. The van der Waals surface area contributed by atoms with Gasteiger partial charge in [0.05, 0.1) is 25.7 Å². The third kappa shape index (κ3) is 9.64. The van der Waals surface area contributed by atoms with E-state index in [2.05, 4.69) is 10.6 Å². The maximum atomic E-state index is 12.6. The number of furan rings is 1. The lowest BCUT2D eigenvalue weighted by molar-refractivity contribution is -0.154. The van der Waals surface area contributed by atoms with Crippen LogP contribution in [0.5, 0.6) is 5.75 Å². The Bertz CT molecular complexity index is 1070. The van der Waals surface area contributed by atoms with Gasteiger partial charge in [0.15, 0.2) is 11.5 Å². The van der Waals surface area contributed by atoms with Crippen LogP contribution in [-0.4, -0.2) is 60.6 Å². The Balaban J connectivity index is 2.04. The SMILES string of the molecule is CCCCC[C@H](CN(O)C=O)C(=O)NCNC(=O)c1ccc(-c2cc(OCC)cc(C(=O)CCCN)c2)o1.